The van der Waals surface area contributed by atoms with E-state index in [4.69, 9.17) is 20.7 Å². The van der Waals surface area contributed by atoms with Crippen LogP contribution in [-0.4, -0.2) is 33.7 Å². The van der Waals surface area contributed by atoms with Gasteiger partial charge in [0.15, 0.2) is 5.60 Å². The maximum atomic E-state index is 12.0. The van der Waals surface area contributed by atoms with E-state index in [1.54, 1.807) is 6.07 Å². The molecule has 0 aromatic heterocycles. The normalized spacial score (nSPS) is 32.7. The van der Waals surface area contributed by atoms with Gasteiger partial charge in [-0.25, -0.2) is 0 Å². The molecule has 0 bridgehead atoms. The molecule has 0 aliphatic heterocycles. The number of rotatable bonds is 5. The highest BCUT2D eigenvalue weighted by molar-refractivity contribution is 5.72. The van der Waals surface area contributed by atoms with Crippen molar-refractivity contribution in [2.45, 2.75) is 70.5 Å². The highest BCUT2D eigenvalue weighted by Crippen LogP contribution is 2.66. The molecule has 2 saturated carbocycles. The zero-order valence-electron chi connectivity index (χ0n) is 19.6. The zero-order chi connectivity index (χ0) is 25.7. The van der Waals surface area contributed by atoms with Gasteiger partial charge in [-0.2, -0.15) is 0 Å². The van der Waals surface area contributed by atoms with Crippen LogP contribution in [0.5, 0.6) is 5.75 Å². The van der Waals surface area contributed by atoms with Crippen molar-refractivity contribution >= 4 is 17.6 Å². The van der Waals surface area contributed by atoms with Crippen LogP contribution in [0.15, 0.2) is 12.1 Å². The first-order chi connectivity index (χ1) is 16.4. The summed E-state index contributed by atoms with van der Waals surface area (Å²) in [6.07, 6.45) is 6.92. The van der Waals surface area contributed by atoms with E-state index >= 15 is 0 Å². The summed E-state index contributed by atoms with van der Waals surface area (Å²) in [5.74, 6) is 0.603. The van der Waals surface area contributed by atoms with Crippen molar-refractivity contribution in [2.75, 3.05) is 0 Å². The van der Waals surface area contributed by atoms with E-state index in [2.05, 4.69) is 5.92 Å². The molecule has 35 heavy (non-hydrogen) atoms. The minimum absolute atomic E-state index is 0.0464. The van der Waals surface area contributed by atoms with Crippen LogP contribution >= 0.6 is 0 Å². The molecule has 1 aromatic carbocycles. The fraction of sp³-hybridized carbons (Fsp3) is 0.583. The minimum atomic E-state index is -1.22. The third-order valence-corrected chi connectivity index (χ3v) is 8.13. The number of benzene rings is 1. The molecule has 11 heteroatoms. The lowest BCUT2D eigenvalue weighted by molar-refractivity contribution is -0.771. The van der Waals surface area contributed by atoms with Gasteiger partial charge in [-0.3, -0.25) is 19.7 Å². The molecule has 2 fully saturated rings. The zero-order valence-corrected chi connectivity index (χ0v) is 19.6. The second-order valence-corrected chi connectivity index (χ2v) is 9.76. The largest absolute Gasteiger partial charge is 0.445 e. The predicted molar refractivity (Wildman–Crippen MR) is 120 cm³/mol. The monoisotopic (exact) mass is 486 g/mol. The molecular formula is C24H26N2O9. The molecule has 0 spiro atoms. The van der Waals surface area contributed by atoms with E-state index in [1.165, 1.54) is 13.0 Å². The Hall–Kier alpha value is -3.68. The standard InChI is InChI=1S/C24H26N2O9/c1-5-24(34-14(3)28)11-10-18-17-7-6-16-15(8-9-19(33-13(2)27)22(16)25(29)30)21(17)20(35-26(31)32)12-23(18,24)4/h1,8-9,17-18,20-21H,6-7,10-12H2,2-4H3. The maximum Gasteiger partial charge on any atom is 0.315 e. The third-order valence-electron chi connectivity index (χ3n) is 8.13. The van der Waals surface area contributed by atoms with Crippen LogP contribution in [0.3, 0.4) is 0 Å². The molecule has 0 amide bonds. The van der Waals surface area contributed by atoms with Crippen molar-refractivity contribution in [2.24, 2.45) is 17.3 Å². The number of terminal acetylenes is 1. The molecule has 1 aromatic rings. The summed E-state index contributed by atoms with van der Waals surface area (Å²) in [4.78, 5) is 51.5. The number of fused-ring (bicyclic) bond motifs is 5. The summed E-state index contributed by atoms with van der Waals surface area (Å²) in [7, 11) is 0. The van der Waals surface area contributed by atoms with Gasteiger partial charge >= 0.3 is 17.6 Å². The molecule has 0 radical (unpaired) electrons. The van der Waals surface area contributed by atoms with Gasteiger partial charge in [-0.1, -0.05) is 18.9 Å². The van der Waals surface area contributed by atoms with Crippen molar-refractivity contribution in [3.63, 3.8) is 0 Å². The molecule has 4 rings (SSSR count). The Bertz CT molecular complexity index is 1160. The van der Waals surface area contributed by atoms with Gasteiger partial charge < -0.3 is 14.3 Å². The quantitative estimate of drug-likeness (QED) is 0.200. The van der Waals surface area contributed by atoms with E-state index in [-0.39, 0.29) is 29.7 Å². The average molecular weight is 486 g/mol. The Labute approximate surface area is 201 Å². The Kier molecular flexibility index (Phi) is 5.95. The van der Waals surface area contributed by atoms with Gasteiger partial charge in [-0.15, -0.1) is 16.5 Å². The van der Waals surface area contributed by atoms with E-state index in [0.717, 1.165) is 6.92 Å². The molecule has 0 heterocycles. The van der Waals surface area contributed by atoms with Crippen molar-refractivity contribution < 1.29 is 33.9 Å². The number of nitro groups is 1. The van der Waals surface area contributed by atoms with Crippen molar-refractivity contribution in [3.05, 3.63) is 43.5 Å². The van der Waals surface area contributed by atoms with E-state index in [9.17, 15) is 29.8 Å². The van der Waals surface area contributed by atoms with Crippen LogP contribution in [-0.2, 0) is 25.6 Å². The molecule has 0 N–H and O–H groups in total. The predicted octanol–water partition coefficient (Wildman–Crippen LogP) is 3.50. The fourth-order valence-electron chi connectivity index (χ4n) is 6.99. The molecule has 6 atom stereocenters. The van der Waals surface area contributed by atoms with Gasteiger partial charge in [0.25, 0.3) is 5.09 Å². The maximum absolute atomic E-state index is 12.0. The summed E-state index contributed by atoms with van der Waals surface area (Å²) >= 11 is 0. The molecule has 3 aliphatic carbocycles. The molecule has 3 aliphatic rings. The summed E-state index contributed by atoms with van der Waals surface area (Å²) in [6, 6.07) is 2.99. The molecule has 6 unspecified atom stereocenters. The van der Waals surface area contributed by atoms with Crippen LogP contribution < -0.4 is 4.74 Å². The smallest absolute Gasteiger partial charge is 0.315 e. The second kappa shape index (κ2) is 8.52. The van der Waals surface area contributed by atoms with Crippen LogP contribution in [0.2, 0.25) is 0 Å². The lowest BCUT2D eigenvalue weighted by atomic mass is 9.52. The number of ether oxygens (including phenoxy) is 2. The van der Waals surface area contributed by atoms with E-state index in [0.29, 0.717) is 36.8 Å². The van der Waals surface area contributed by atoms with Gasteiger partial charge in [0.1, 0.15) is 6.10 Å². The van der Waals surface area contributed by atoms with E-state index < -0.39 is 45.0 Å². The molecule has 186 valence electrons. The van der Waals surface area contributed by atoms with E-state index in [1.807, 2.05) is 6.92 Å². The van der Waals surface area contributed by atoms with Gasteiger partial charge in [-0.05, 0) is 55.6 Å². The van der Waals surface area contributed by atoms with Crippen molar-refractivity contribution in [1.82, 2.24) is 0 Å². The number of carbonyl (C=O) groups excluding carboxylic acids is 2. The molecular weight excluding hydrogens is 460 g/mol. The Balaban J connectivity index is 1.85. The number of hydrogen-bond donors (Lipinski definition) is 0. The lowest BCUT2D eigenvalue weighted by Crippen LogP contribution is -2.56. The van der Waals surface area contributed by atoms with Gasteiger partial charge in [0.05, 0.1) is 4.92 Å². The summed E-state index contributed by atoms with van der Waals surface area (Å²) in [5.41, 5.74) is -1.36. The van der Waals surface area contributed by atoms with Crippen LogP contribution in [0.1, 0.15) is 63.5 Å². The average Bonchev–Trinajstić information content (AvgIpc) is 3.03. The second-order valence-electron chi connectivity index (χ2n) is 9.76. The minimum Gasteiger partial charge on any atom is -0.445 e. The van der Waals surface area contributed by atoms with Gasteiger partial charge in [0.2, 0.25) is 5.75 Å². The first-order valence-corrected chi connectivity index (χ1v) is 11.4. The van der Waals surface area contributed by atoms with Crippen LogP contribution in [0.4, 0.5) is 5.69 Å². The highest BCUT2D eigenvalue weighted by Gasteiger charge is 2.66. The number of esters is 2. The summed E-state index contributed by atoms with van der Waals surface area (Å²) in [6.45, 7) is 4.33. The van der Waals surface area contributed by atoms with Crippen LogP contribution in [0, 0.1) is 49.8 Å². The number of nitrogens with zero attached hydrogens (tertiary/aromatic N) is 2. The highest BCUT2D eigenvalue weighted by atomic mass is 17.0. The third kappa shape index (κ3) is 3.77. The van der Waals surface area contributed by atoms with Crippen molar-refractivity contribution in [3.8, 4) is 18.1 Å². The Morgan fingerprint density at radius 1 is 1.17 bits per heavy atom. The summed E-state index contributed by atoms with van der Waals surface area (Å²) in [5, 5.41) is 22.6. The van der Waals surface area contributed by atoms with Gasteiger partial charge in [0, 0.05) is 30.7 Å². The first-order valence-electron chi connectivity index (χ1n) is 11.4. The van der Waals surface area contributed by atoms with Crippen molar-refractivity contribution in [1.29, 1.82) is 0 Å². The number of hydrogen-bond acceptors (Lipinski definition) is 9. The Morgan fingerprint density at radius 2 is 1.89 bits per heavy atom. The Morgan fingerprint density at radius 3 is 2.46 bits per heavy atom. The lowest BCUT2D eigenvalue weighted by Gasteiger charge is -2.54. The fourth-order valence-corrected chi connectivity index (χ4v) is 6.99. The molecule has 11 nitrogen and oxygen atoms in total. The van der Waals surface area contributed by atoms with Crippen LogP contribution in [0.25, 0.3) is 0 Å². The first kappa shape index (κ1) is 24.4. The number of carbonyl (C=O) groups is 2. The topological polar surface area (TPSA) is 148 Å². The number of nitro benzene ring substituents is 1. The summed E-state index contributed by atoms with van der Waals surface area (Å²) < 4.78 is 10.8. The molecule has 0 saturated heterocycles. The SMILES string of the molecule is C#CC1(OC(C)=O)CCC2C3CCc4c(ccc(OC(C)=O)c4[N+](=O)[O-])C3C(O[N+](=O)[O-])CC21C.